The molecule has 0 heterocycles. The summed E-state index contributed by atoms with van der Waals surface area (Å²) in [5.74, 6) is -0.465. The molecule has 0 aliphatic rings. The zero-order chi connectivity index (χ0) is 10.8. The largest absolute Gasteiger partial charge is 0.478 e. The summed E-state index contributed by atoms with van der Waals surface area (Å²) in [6.07, 6.45) is 0. The van der Waals surface area contributed by atoms with Crippen LogP contribution in [-0.2, 0) is 4.79 Å². The van der Waals surface area contributed by atoms with Crippen molar-refractivity contribution in [2.24, 2.45) is 0 Å². The van der Waals surface area contributed by atoms with E-state index in [9.17, 15) is 4.79 Å². The molecule has 0 bridgehead atoms. The highest BCUT2D eigenvalue weighted by Crippen LogP contribution is 2.27. The van der Waals surface area contributed by atoms with Crippen molar-refractivity contribution in [1.29, 1.82) is 0 Å². The molecular weight excluding hydrogens is 248 g/mol. The normalized spacial score (nSPS) is 11.1. The van der Waals surface area contributed by atoms with Crippen molar-refractivity contribution < 1.29 is 14.6 Å². The molecule has 76 valence electrons. The molecule has 0 aliphatic heterocycles. The van der Waals surface area contributed by atoms with Gasteiger partial charge in [0.25, 0.3) is 0 Å². The van der Waals surface area contributed by atoms with Crippen molar-refractivity contribution in [3.05, 3.63) is 28.7 Å². The molecule has 0 amide bonds. The van der Waals surface area contributed by atoms with Crippen LogP contribution in [0.2, 0.25) is 0 Å². The minimum Gasteiger partial charge on any atom is -0.478 e. The van der Waals surface area contributed by atoms with Gasteiger partial charge in [-0.3, -0.25) is 0 Å². The van der Waals surface area contributed by atoms with E-state index in [1.54, 1.807) is 18.2 Å². The quantitative estimate of drug-likeness (QED) is 0.907. The molecule has 0 spiro atoms. The van der Waals surface area contributed by atoms with E-state index in [1.165, 1.54) is 13.8 Å². The maximum absolute atomic E-state index is 10.8. The summed E-state index contributed by atoms with van der Waals surface area (Å²) in [5.41, 5.74) is -1.22. The predicted molar refractivity (Wildman–Crippen MR) is 56.5 cm³/mol. The lowest BCUT2D eigenvalue weighted by atomic mass is 10.1. The lowest BCUT2D eigenvalue weighted by molar-refractivity contribution is -0.152. The highest BCUT2D eigenvalue weighted by Gasteiger charge is 2.29. The number of hydrogen-bond donors (Lipinski definition) is 1. The van der Waals surface area contributed by atoms with Gasteiger partial charge >= 0.3 is 5.97 Å². The molecule has 4 heteroatoms. The fourth-order valence-electron chi connectivity index (χ4n) is 0.846. The number of carboxylic acids is 1. The van der Waals surface area contributed by atoms with Crippen molar-refractivity contribution >= 4 is 21.9 Å². The Morgan fingerprint density at radius 2 is 2.00 bits per heavy atom. The van der Waals surface area contributed by atoms with Crippen LogP contribution in [-0.4, -0.2) is 16.7 Å². The van der Waals surface area contributed by atoms with E-state index >= 15 is 0 Å². The maximum atomic E-state index is 10.8. The fraction of sp³-hybridized carbons (Fsp3) is 0.300. The summed E-state index contributed by atoms with van der Waals surface area (Å²) in [6, 6.07) is 7.14. The number of carboxylic acid groups (broad SMARTS) is 1. The summed E-state index contributed by atoms with van der Waals surface area (Å²) in [4.78, 5) is 10.8. The van der Waals surface area contributed by atoms with Crippen molar-refractivity contribution in [2.75, 3.05) is 0 Å². The number of rotatable bonds is 3. The number of halogens is 1. The topological polar surface area (TPSA) is 46.5 Å². The Hall–Kier alpha value is -1.03. The van der Waals surface area contributed by atoms with Crippen LogP contribution in [0.1, 0.15) is 13.8 Å². The third kappa shape index (κ3) is 2.48. The lowest BCUT2D eigenvalue weighted by Crippen LogP contribution is -2.37. The Kier molecular flexibility index (Phi) is 3.16. The van der Waals surface area contributed by atoms with Crippen LogP contribution in [0.15, 0.2) is 28.7 Å². The van der Waals surface area contributed by atoms with E-state index in [4.69, 9.17) is 9.84 Å². The molecule has 1 aromatic rings. The van der Waals surface area contributed by atoms with Gasteiger partial charge in [0.05, 0.1) is 4.47 Å². The molecule has 14 heavy (non-hydrogen) atoms. The van der Waals surface area contributed by atoms with Crippen LogP contribution >= 0.6 is 15.9 Å². The molecule has 0 unspecified atom stereocenters. The van der Waals surface area contributed by atoms with Crippen LogP contribution in [0.5, 0.6) is 5.75 Å². The Bertz CT molecular complexity index is 347. The molecular formula is C10H11BrO3. The second-order valence-corrected chi connectivity index (χ2v) is 4.20. The third-order valence-electron chi connectivity index (χ3n) is 1.72. The van der Waals surface area contributed by atoms with Crippen molar-refractivity contribution in [3.63, 3.8) is 0 Å². The van der Waals surface area contributed by atoms with Crippen molar-refractivity contribution in [1.82, 2.24) is 0 Å². The molecule has 0 saturated carbocycles. The van der Waals surface area contributed by atoms with Crippen LogP contribution < -0.4 is 4.74 Å². The Labute approximate surface area is 90.8 Å². The van der Waals surface area contributed by atoms with Crippen LogP contribution in [0.4, 0.5) is 0 Å². The van der Waals surface area contributed by atoms with Crippen LogP contribution in [0.25, 0.3) is 0 Å². The van der Waals surface area contributed by atoms with Gasteiger partial charge in [-0.1, -0.05) is 12.1 Å². The second kappa shape index (κ2) is 4.00. The predicted octanol–water partition coefficient (Wildman–Crippen LogP) is 2.69. The first-order valence-electron chi connectivity index (χ1n) is 4.10. The second-order valence-electron chi connectivity index (χ2n) is 3.35. The lowest BCUT2D eigenvalue weighted by Gasteiger charge is -2.22. The SMILES string of the molecule is CC(C)(Oc1ccccc1Br)C(=O)O. The minimum atomic E-state index is -1.22. The third-order valence-corrected chi connectivity index (χ3v) is 2.37. The number of para-hydroxylation sites is 1. The molecule has 3 nitrogen and oxygen atoms in total. The van der Waals surface area contributed by atoms with Crippen molar-refractivity contribution in [3.8, 4) is 5.75 Å². The summed E-state index contributed by atoms with van der Waals surface area (Å²) < 4.78 is 6.09. The van der Waals surface area contributed by atoms with Gasteiger partial charge in [-0.05, 0) is 41.9 Å². The van der Waals surface area contributed by atoms with Gasteiger partial charge in [0.1, 0.15) is 5.75 Å². The van der Waals surface area contributed by atoms with Gasteiger partial charge in [0.2, 0.25) is 0 Å². The Morgan fingerprint density at radius 3 is 2.50 bits per heavy atom. The number of hydrogen-bond acceptors (Lipinski definition) is 2. The van der Waals surface area contributed by atoms with Gasteiger partial charge < -0.3 is 9.84 Å². The highest BCUT2D eigenvalue weighted by molar-refractivity contribution is 9.10. The molecule has 1 N–H and O–H groups in total. The standard InChI is InChI=1S/C10H11BrO3/c1-10(2,9(12)13)14-8-6-4-3-5-7(8)11/h3-6H,1-2H3,(H,12,13). The molecule has 0 saturated heterocycles. The maximum Gasteiger partial charge on any atom is 0.347 e. The zero-order valence-corrected chi connectivity index (χ0v) is 9.54. The number of ether oxygens (including phenoxy) is 1. The van der Waals surface area contributed by atoms with Gasteiger partial charge in [-0.15, -0.1) is 0 Å². The number of benzene rings is 1. The van der Waals surface area contributed by atoms with Crippen LogP contribution in [0, 0.1) is 0 Å². The monoisotopic (exact) mass is 258 g/mol. The molecule has 0 aromatic heterocycles. The van der Waals surface area contributed by atoms with Gasteiger partial charge in [0.15, 0.2) is 5.60 Å². The van der Waals surface area contributed by atoms with E-state index in [-0.39, 0.29) is 0 Å². The van der Waals surface area contributed by atoms with Crippen molar-refractivity contribution in [2.45, 2.75) is 19.4 Å². The minimum absolute atomic E-state index is 0.528. The highest BCUT2D eigenvalue weighted by atomic mass is 79.9. The molecule has 0 fully saturated rings. The molecule has 0 radical (unpaired) electrons. The molecule has 0 atom stereocenters. The van der Waals surface area contributed by atoms with E-state index in [2.05, 4.69) is 15.9 Å². The summed E-state index contributed by atoms with van der Waals surface area (Å²) >= 11 is 3.28. The van der Waals surface area contributed by atoms with Crippen LogP contribution in [0.3, 0.4) is 0 Å². The first kappa shape index (κ1) is 11.0. The average Bonchev–Trinajstić information content (AvgIpc) is 2.08. The molecule has 1 aromatic carbocycles. The molecule has 1 rings (SSSR count). The Morgan fingerprint density at radius 1 is 1.43 bits per heavy atom. The number of carbonyl (C=O) groups is 1. The fourth-order valence-corrected chi connectivity index (χ4v) is 1.21. The van der Waals surface area contributed by atoms with Gasteiger partial charge in [-0.2, -0.15) is 0 Å². The van der Waals surface area contributed by atoms with E-state index < -0.39 is 11.6 Å². The number of aliphatic carboxylic acids is 1. The summed E-state index contributed by atoms with van der Waals surface area (Å²) in [7, 11) is 0. The van der Waals surface area contributed by atoms with Gasteiger partial charge in [0, 0.05) is 0 Å². The zero-order valence-electron chi connectivity index (χ0n) is 7.95. The summed E-state index contributed by atoms with van der Waals surface area (Å²) in [6.45, 7) is 3.02. The van der Waals surface area contributed by atoms with E-state index in [0.29, 0.717) is 5.75 Å². The van der Waals surface area contributed by atoms with E-state index in [1.807, 2.05) is 6.07 Å². The van der Waals surface area contributed by atoms with Gasteiger partial charge in [-0.25, -0.2) is 4.79 Å². The smallest absolute Gasteiger partial charge is 0.347 e. The Balaban J connectivity index is 2.89. The first-order valence-corrected chi connectivity index (χ1v) is 4.90. The molecule has 0 aliphatic carbocycles. The van der Waals surface area contributed by atoms with E-state index in [0.717, 1.165) is 4.47 Å². The summed E-state index contributed by atoms with van der Waals surface area (Å²) in [5, 5.41) is 8.85. The first-order chi connectivity index (χ1) is 6.43. The average molecular weight is 259 g/mol.